The first kappa shape index (κ1) is 18.3. The normalized spacial score (nSPS) is 21.0. The van der Waals surface area contributed by atoms with Crippen molar-refractivity contribution in [3.8, 4) is 0 Å². The lowest BCUT2D eigenvalue weighted by molar-refractivity contribution is -0.461. The van der Waals surface area contributed by atoms with Crippen LogP contribution in [0, 0.1) is 10.1 Å². The minimum Gasteiger partial charge on any atom is -0.357 e. The van der Waals surface area contributed by atoms with Crippen LogP contribution in [0.25, 0.3) is 0 Å². The SMILES string of the molecule is COC1(O)CC=C(C(=O)NCCCCCCN)C=C1[N+](=O)[O-]. The summed E-state index contributed by atoms with van der Waals surface area (Å²) in [5.41, 5.74) is 5.02. The van der Waals surface area contributed by atoms with E-state index < -0.39 is 22.3 Å². The lowest BCUT2D eigenvalue weighted by atomic mass is 9.98. The van der Waals surface area contributed by atoms with Crippen LogP contribution < -0.4 is 11.1 Å². The Balaban J connectivity index is 2.55. The molecule has 1 aliphatic rings. The summed E-state index contributed by atoms with van der Waals surface area (Å²) in [7, 11) is 1.18. The average molecular weight is 313 g/mol. The van der Waals surface area contributed by atoms with E-state index in [-0.39, 0.29) is 12.0 Å². The topological polar surface area (TPSA) is 128 Å². The highest BCUT2D eigenvalue weighted by Crippen LogP contribution is 2.29. The molecule has 8 nitrogen and oxygen atoms in total. The molecule has 4 N–H and O–H groups in total. The molecular weight excluding hydrogens is 290 g/mol. The lowest BCUT2D eigenvalue weighted by Gasteiger charge is -2.25. The number of hydrogen-bond donors (Lipinski definition) is 3. The van der Waals surface area contributed by atoms with Gasteiger partial charge in [-0.2, -0.15) is 0 Å². The number of aliphatic hydroxyl groups is 1. The number of carbonyl (C=O) groups excluding carboxylic acids is 1. The van der Waals surface area contributed by atoms with Crippen LogP contribution in [-0.2, 0) is 9.53 Å². The molecule has 0 bridgehead atoms. The van der Waals surface area contributed by atoms with E-state index in [1.54, 1.807) is 0 Å². The van der Waals surface area contributed by atoms with Crippen LogP contribution >= 0.6 is 0 Å². The minimum absolute atomic E-state index is 0.143. The maximum absolute atomic E-state index is 12.0. The van der Waals surface area contributed by atoms with Crippen LogP contribution in [0.15, 0.2) is 23.4 Å². The van der Waals surface area contributed by atoms with Crippen molar-refractivity contribution < 1.29 is 19.6 Å². The molecule has 124 valence electrons. The third-order valence-electron chi connectivity index (χ3n) is 3.50. The molecule has 0 saturated carbocycles. The van der Waals surface area contributed by atoms with Crippen molar-refractivity contribution in [2.75, 3.05) is 20.2 Å². The minimum atomic E-state index is -1.99. The Labute approximate surface area is 129 Å². The summed E-state index contributed by atoms with van der Waals surface area (Å²) in [6.07, 6.45) is 6.11. The summed E-state index contributed by atoms with van der Waals surface area (Å²) >= 11 is 0. The zero-order chi connectivity index (χ0) is 16.6. The van der Waals surface area contributed by atoms with E-state index in [2.05, 4.69) is 5.32 Å². The summed E-state index contributed by atoms with van der Waals surface area (Å²) in [6.45, 7) is 1.16. The van der Waals surface area contributed by atoms with Crippen molar-refractivity contribution in [2.45, 2.75) is 37.9 Å². The van der Waals surface area contributed by atoms with Gasteiger partial charge in [0.15, 0.2) is 0 Å². The van der Waals surface area contributed by atoms with E-state index in [1.807, 2.05) is 0 Å². The molecule has 8 heteroatoms. The summed E-state index contributed by atoms with van der Waals surface area (Å²) in [5.74, 6) is -2.38. The van der Waals surface area contributed by atoms with Gasteiger partial charge in [-0.05, 0) is 19.4 Å². The maximum Gasteiger partial charge on any atom is 0.306 e. The van der Waals surface area contributed by atoms with Gasteiger partial charge in [0.2, 0.25) is 0 Å². The predicted molar refractivity (Wildman–Crippen MR) is 80.3 cm³/mol. The van der Waals surface area contributed by atoms with Crippen molar-refractivity contribution in [1.29, 1.82) is 0 Å². The second-order valence-corrected chi connectivity index (χ2v) is 5.10. The first-order valence-corrected chi connectivity index (χ1v) is 7.27. The van der Waals surface area contributed by atoms with Crippen molar-refractivity contribution in [3.05, 3.63) is 33.5 Å². The van der Waals surface area contributed by atoms with Gasteiger partial charge in [0.25, 0.3) is 11.7 Å². The van der Waals surface area contributed by atoms with E-state index in [1.165, 1.54) is 13.2 Å². The van der Waals surface area contributed by atoms with Gasteiger partial charge in [-0.3, -0.25) is 14.9 Å². The van der Waals surface area contributed by atoms with Crippen LogP contribution in [0.3, 0.4) is 0 Å². The van der Waals surface area contributed by atoms with Gasteiger partial charge < -0.3 is 20.9 Å². The molecule has 0 aromatic heterocycles. The summed E-state index contributed by atoms with van der Waals surface area (Å²) in [6, 6.07) is 0. The van der Waals surface area contributed by atoms with E-state index >= 15 is 0 Å². The number of nitrogens with two attached hydrogens (primary N) is 1. The Hall–Kier alpha value is -1.77. The number of rotatable bonds is 9. The van der Waals surface area contributed by atoms with Crippen LogP contribution in [0.1, 0.15) is 32.1 Å². The van der Waals surface area contributed by atoms with Crippen molar-refractivity contribution in [3.63, 3.8) is 0 Å². The van der Waals surface area contributed by atoms with Crippen molar-refractivity contribution >= 4 is 5.91 Å². The molecule has 0 spiro atoms. The second kappa shape index (κ2) is 8.62. The zero-order valence-electron chi connectivity index (χ0n) is 12.7. The number of ether oxygens (including phenoxy) is 1. The quantitative estimate of drug-likeness (QED) is 0.245. The fraction of sp³-hybridized carbons (Fsp3) is 0.643. The maximum atomic E-state index is 12.0. The second-order valence-electron chi connectivity index (χ2n) is 5.10. The fourth-order valence-corrected chi connectivity index (χ4v) is 2.14. The number of nitro groups is 1. The van der Waals surface area contributed by atoms with Gasteiger partial charge in [0, 0.05) is 31.7 Å². The highest BCUT2D eigenvalue weighted by atomic mass is 16.7. The smallest absolute Gasteiger partial charge is 0.306 e. The van der Waals surface area contributed by atoms with Gasteiger partial charge in [0.05, 0.1) is 4.92 Å². The van der Waals surface area contributed by atoms with E-state index in [0.29, 0.717) is 13.1 Å². The molecular formula is C14H23N3O5. The van der Waals surface area contributed by atoms with Gasteiger partial charge in [-0.25, -0.2) is 0 Å². The molecule has 1 rings (SSSR count). The molecule has 0 heterocycles. The Morgan fingerprint density at radius 3 is 2.77 bits per heavy atom. The molecule has 0 aromatic rings. The number of carbonyl (C=O) groups is 1. The number of methoxy groups -OCH3 is 1. The molecule has 0 aliphatic heterocycles. The first-order chi connectivity index (χ1) is 10.4. The first-order valence-electron chi connectivity index (χ1n) is 7.27. The highest BCUT2D eigenvalue weighted by molar-refractivity contribution is 5.96. The number of hydrogen-bond acceptors (Lipinski definition) is 6. The van der Waals surface area contributed by atoms with Crippen LogP contribution in [-0.4, -0.2) is 41.9 Å². The van der Waals surface area contributed by atoms with Crippen LogP contribution in [0.4, 0.5) is 0 Å². The molecule has 1 amide bonds. The Morgan fingerprint density at radius 2 is 2.18 bits per heavy atom. The molecule has 0 saturated heterocycles. The lowest BCUT2D eigenvalue weighted by Crippen LogP contribution is -2.39. The molecule has 0 aromatic carbocycles. The Bertz CT molecular complexity index is 475. The molecule has 1 unspecified atom stereocenters. The zero-order valence-corrected chi connectivity index (χ0v) is 12.7. The number of unbranched alkanes of at least 4 members (excludes halogenated alkanes) is 3. The monoisotopic (exact) mass is 313 g/mol. The molecule has 22 heavy (non-hydrogen) atoms. The summed E-state index contributed by atoms with van der Waals surface area (Å²) in [4.78, 5) is 22.2. The van der Waals surface area contributed by atoms with Gasteiger partial charge in [-0.1, -0.05) is 18.9 Å². The van der Waals surface area contributed by atoms with Crippen LogP contribution in [0.5, 0.6) is 0 Å². The van der Waals surface area contributed by atoms with Gasteiger partial charge in [0.1, 0.15) is 0 Å². The van der Waals surface area contributed by atoms with E-state index in [9.17, 15) is 20.0 Å². The number of nitrogens with one attached hydrogen (secondary N) is 1. The van der Waals surface area contributed by atoms with Crippen molar-refractivity contribution in [2.24, 2.45) is 5.73 Å². The molecule has 0 fully saturated rings. The van der Waals surface area contributed by atoms with Crippen LogP contribution in [0.2, 0.25) is 0 Å². The van der Waals surface area contributed by atoms with Gasteiger partial charge in [-0.15, -0.1) is 0 Å². The predicted octanol–water partition coefficient (Wildman–Crippen LogP) is 0.447. The largest absolute Gasteiger partial charge is 0.357 e. The van der Waals surface area contributed by atoms with E-state index in [0.717, 1.165) is 31.8 Å². The third kappa shape index (κ3) is 4.90. The molecule has 1 aliphatic carbocycles. The van der Waals surface area contributed by atoms with Crippen molar-refractivity contribution in [1.82, 2.24) is 5.32 Å². The Kier molecular flexibility index (Phi) is 7.16. The fourth-order valence-electron chi connectivity index (χ4n) is 2.14. The third-order valence-corrected chi connectivity index (χ3v) is 3.50. The summed E-state index contributed by atoms with van der Waals surface area (Å²) < 4.78 is 4.78. The number of amides is 1. The van der Waals surface area contributed by atoms with Gasteiger partial charge >= 0.3 is 5.70 Å². The highest BCUT2D eigenvalue weighted by Gasteiger charge is 2.43. The standard InChI is InChI=1S/C14H23N3O5/c1-22-14(19)7-6-11(10-12(14)17(20)21)13(18)16-9-5-3-2-4-8-15/h6,10,19H,2-5,7-9,15H2,1H3,(H,16,18). The van der Waals surface area contributed by atoms with E-state index in [4.69, 9.17) is 10.5 Å². The summed E-state index contributed by atoms with van der Waals surface area (Å²) in [5, 5.41) is 23.7. The number of nitrogens with zero attached hydrogens (tertiary/aromatic N) is 1. The molecule has 0 radical (unpaired) electrons. The average Bonchev–Trinajstić information content (AvgIpc) is 2.50. The Morgan fingerprint density at radius 1 is 1.50 bits per heavy atom. The molecule has 1 atom stereocenters.